The molecular weight excluding hydrogens is 210 g/mol. The van der Waals surface area contributed by atoms with E-state index in [0.717, 1.165) is 0 Å². The Balaban J connectivity index is 2.81. The molecule has 5 heteroatoms. The molecule has 0 spiro atoms. The lowest BCUT2D eigenvalue weighted by Crippen LogP contribution is -2.13. The summed E-state index contributed by atoms with van der Waals surface area (Å²) >= 11 is 0. The zero-order valence-corrected chi connectivity index (χ0v) is 8.59. The summed E-state index contributed by atoms with van der Waals surface area (Å²) in [5, 5.41) is 17.5. The van der Waals surface area contributed by atoms with E-state index in [9.17, 15) is 9.59 Å². The molecule has 0 saturated heterocycles. The highest BCUT2D eigenvalue weighted by Crippen LogP contribution is 2.22. The maximum atomic E-state index is 11.0. The molecule has 86 valence electrons. The highest BCUT2D eigenvalue weighted by molar-refractivity contribution is 5.77. The maximum Gasteiger partial charge on any atom is 0.310 e. The van der Waals surface area contributed by atoms with Gasteiger partial charge >= 0.3 is 11.9 Å². The highest BCUT2D eigenvalue weighted by atomic mass is 16.4. The molecule has 0 bridgehead atoms. The Morgan fingerprint density at radius 3 is 2.19 bits per heavy atom. The van der Waals surface area contributed by atoms with Crippen molar-refractivity contribution in [2.24, 2.45) is 0 Å². The first-order valence-electron chi connectivity index (χ1n) is 4.80. The topological polar surface area (TPSA) is 101 Å². The van der Waals surface area contributed by atoms with Crippen LogP contribution in [-0.2, 0) is 9.59 Å². The van der Waals surface area contributed by atoms with Gasteiger partial charge in [-0.1, -0.05) is 12.1 Å². The van der Waals surface area contributed by atoms with Crippen LogP contribution in [0.3, 0.4) is 0 Å². The lowest BCUT2D eigenvalue weighted by Gasteiger charge is -2.11. The number of carboxylic acids is 2. The lowest BCUT2D eigenvalue weighted by molar-refractivity contribution is -0.140. The van der Waals surface area contributed by atoms with E-state index in [1.165, 1.54) is 0 Å². The van der Waals surface area contributed by atoms with Crippen molar-refractivity contribution in [2.45, 2.75) is 18.8 Å². The highest BCUT2D eigenvalue weighted by Gasteiger charge is 2.20. The molecule has 1 rings (SSSR count). The molecule has 0 radical (unpaired) electrons. The van der Waals surface area contributed by atoms with Gasteiger partial charge in [0, 0.05) is 12.1 Å². The lowest BCUT2D eigenvalue weighted by atomic mass is 9.94. The van der Waals surface area contributed by atoms with E-state index in [-0.39, 0.29) is 12.8 Å². The number of hydrogen-bond donors (Lipinski definition) is 3. The van der Waals surface area contributed by atoms with Crippen molar-refractivity contribution >= 4 is 17.6 Å². The SMILES string of the molecule is Nc1ccc(C(CCC(=O)O)C(=O)O)cc1. The minimum absolute atomic E-state index is 0.0780. The Morgan fingerprint density at radius 2 is 1.75 bits per heavy atom. The average molecular weight is 223 g/mol. The van der Waals surface area contributed by atoms with Crippen LogP contribution in [0.25, 0.3) is 0 Å². The zero-order chi connectivity index (χ0) is 12.1. The van der Waals surface area contributed by atoms with E-state index in [2.05, 4.69) is 0 Å². The van der Waals surface area contributed by atoms with Crippen molar-refractivity contribution in [3.05, 3.63) is 29.8 Å². The number of carboxylic acid groups (broad SMARTS) is 2. The number of benzene rings is 1. The largest absolute Gasteiger partial charge is 0.481 e. The molecule has 1 atom stereocenters. The van der Waals surface area contributed by atoms with E-state index in [1.54, 1.807) is 24.3 Å². The van der Waals surface area contributed by atoms with Crippen molar-refractivity contribution in [3.63, 3.8) is 0 Å². The molecule has 0 amide bonds. The van der Waals surface area contributed by atoms with Crippen LogP contribution in [0.2, 0.25) is 0 Å². The van der Waals surface area contributed by atoms with Crippen LogP contribution < -0.4 is 5.73 Å². The third-order valence-electron chi connectivity index (χ3n) is 2.28. The van der Waals surface area contributed by atoms with Gasteiger partial charge in [0.15, 0.2) is 0 Å². The fourth-order valence-corrected chi connectivity index (χ4v) is 1.43. The summed E-state index contributed by atoms with van der Waals surface area (Å²) in [6.45, 7) is 0. The second kappa shape index (κ2) is 5.16. The Kier molecular flexibility index (Phi) is 3.88. The van der Waals surface area contributed by atoms with Crippen LogP contribution in [-0.4, -0.2) is 22.2 Å². The molecule has 0 heterocycles. The van der Waals surface area contributed by atoms with Crippen LogP contribution in [0.5, 0.6) is 0 Å². The molecule has 0 aromatic heterocycles. The van der Waals surface area contributed by atoms with Gasteiger partial charge in [-0.3, -0.25) is 9.59 Å². The second-order valence-electron chi connectivity index (χ2n) is 3.49. The van der Waals surface area contributed by atoms with Crippen LogP contribution in [0.15, 0.2) is 24.3 Å². The predicted octanol–water partition coefficient (Wildman–Crippen LogP) is 1.30. The predicted molar refractivity (Wildman–Crippen MR) is 58.1 cm³/mol. The van der Waals surface area contributed by atoms with Crippen LogP contribution in [0.1, 0.15) is 24.3 Å². The molecule has 0 aliphatic rings. The number of carbonyl (C=O) groups is 2. The Bertz CT molecular complexity index is 385. The maximum absolute atomic E-state index is 11.0. The van der Waals surface area contributed by atoms with Crippen LogP contribution >= 0.6 is 0 Å². The van der Waals surface area contributed by atoms with Crippen molar-refractivity contribution < 1.29 is 19.8 Å². The molecule has 16 heavy (non-hydrogen) atoms. The van der Waals surface area contributed by atoms with Crippen LogP contribution in [0.4, 0.5) is 5.69 Å². The van der Waals surface area contributed by atoms with Gasteiger partial charge in [-0.25, -0.2) is 0 Å². The molecule has 0 fully saturated rings. The minimum Gasteiger partial charge on any atom is -0.481 e. The van der Waals surface area contributed by atoms with Gasteiger partial charge < -0.3 is 15.9 Å². The van der Waals surface area contributed by atoms with Gasteiger partial charge in [-0.05, 0) is 24.1 Å². The molecule has 1 unspecified atom stereocenters. The van der Waals surface area contributed by atoms with Gasteiger partial charge in [0.25, 0.3) is 0 Å². The number of aliphatic carboxylic acids is 2. The third-order valence-corrected chi connectivity index (χ3v) is 2.28. The standard InChI is InChI=1S/C11H13NO4/c12-8-3-1-7(2-4-8)9(11(15)16)5-6-10(13)14/h1-4,9H,5-6,12H2,(H,13,14)(H,15,16). The first kappa shape index (κ1) is 12.0. The smallest absolute Gasteiger partial charge is 0.310 e. The third kappa shape index (κ3) is 3.27. The Labute approximate surface area is 92.5 Å². The van der Waals surface area contributed by atoms with Gasteiger partial charge in [0.1, 0.15) is 0 Å². The summed E-state index contributed by atoms with van der Waals surface area (Å²) in [7, 11) is 0. The van der Waals surface area contributed by atoms with E-state index in [0.29, 0.717) is 11.3 Å². The summed E-state index contributed by atoms with van der Waals surface area (Å²) in [5.41, 5.74) is 6.60. The summed E-state index contributed by atoms with van der Waals surface area (Å²) in [6, 6.07) is 6.42. The summed E-state index contributed by atoms with van der Waals surface area (Å²) in [5.74, 6) is -2.82. The van der Waals surface area contributed by atoms with Gasteiger partial charge in [-0.15, -0.1) is 0 Å². The number of hydrogen-bond acceptors (Lipinski definition) is 3. The Morgan fingerprint density at radius 1 is 1.19 bits per heavy atom. The van der Waals surface area contributed by atoms with Crippen molar-refractivity contribution in [2.75, 3.05) is 5.73 Å². The van der Waals surface area contributed by atoms with E-state index in [4.69, 9.17) is 15.9 Å². The normalized spacial score (nSPS) is 12.0. The van der Waals surface area contributed by atoms with E-state index < -0.39 is 17.9 Å². The first-order chi connectivity index (χ1) is 7.50. The monoisotopic (exact) mass is 223 g/mol. The minimum atomic E-state index is -1.02. The Hall–Kier alpha value is -2.04. The van der Waals surface area contributed by atoms with Gasteiger partial charge in [-0.2, -0.15) is 0 Å². The molecule has 5 nitrogen and oxygen atoms in total. The van der Waals surface area contributed by atoms with Crippen molar-refractivity contribution in [1.82, 2.24) is 0 Å². The molecule has 0 saturated carbocycles. The van der Waals surface area contributed by atoms with E-state index in [1.807, 2.05) is 0 Å². The summed E-state index contributed by atoms with van der Waals surface area (Å²) < 4.78 is 0. The molecular formula is C11H13NO4. The first-order valence-corrected chi connectivity index (χ1v) is 4.80. The number of nitrogens with two attached hydrogens (primary N) is 1. The van der Waals surface area contributed by atoms with Crippen molar-refractivity contribution in [3.8, 4) is 0 Å². The number of rotatable bonds is 5. The second-order valence-corrected chi connectivity index (χ2v) is 3.49. The molecule has 0 aliphatic carbocycles. The average Bonchev–Trinajstić information content (AvgIpc) is 2.20. The summed E-state index contributed by atoms with van der Waals surface area (Å²) in [6.07, 6.45) is -0.0874. The van der Waals surface area contributed by atoms with Crippen molar-refractivity contribution in [1.29, 1.82) is 0 Å². The fourth-order valence-electron chi connectivity index (χ4n) is 1.43. The number of nitrogen functional groups attached to an aromatic ring is 1. The molecule has 1 aromatic carbocycles. The van der Waals surface area contributed by atoms with Gasteiger partial charge in [0.2, 0.25) is 0 Å². The number of anilines is 1. The fraction of sp³-hybridized carbons (Fsp3) is 0.273. The quantitative estimate of drug-likeness (QED) is 0.653. The van der Waals surface area contributed by atoms with Crippen LogP contribution in [0, 0.1) is 0 Å². The molecule has 4 N–H and O–H groups in total. The molecule has 0 aliphatic heterocycles. The zero-order valence-electron chi connectivity index (χ0n) is 8.59. The molecule has 1 aromatic rings. The summed E-state index contributed by atoms with van der Waals surface area (Å²) in [4.78, 5) is 21.4. The van der Waals surface area contributed by atoms with Gasteiger partial charge in [0.05, 0.1) is 5.92 Å². The van der Waals surface area contributed by atoms with E-state index >= 15 is 0 Å².